The molecular formula is C20H19N3O4S. The number of thiocarbonyl (C=S) groups is 1. The zero-order valence-electron chi connectivity index (χ0n) is 16.0. The first kappa shape index (κ1) is 18.2. The lowest BCUT2D eigenvalue weighted by molar-refractivity contribution is -0.132. The molecule has 0 saturated carbocycles. The van der Waals surface area contributed by atoms with Crippen LogP contribution in [0.3, 0.4) is 0 Å². The van der Waals surface area contributed by atoms with Crippen LogP contribution in [0.4, 0.5) is 0 Å². The summed E-state index contributed by atoms with van der Waals surface area (Å²) >= 11 is 5.13. The number of aryl methyl sites for hydroxylation is 1. The Balaban J connectivity index is 1.78. The first-order chi connectivity index (χ1) is 13.3. The van der Waals surface area contributed by atoms with Crippen molar-refractivity contribution in [1.29, 1.82) is 0 Å². The van der Waals surface area contributed by atoms with Crippen LogP contribution in [-0.4, -0.2) is 52.2 Å². The highest BCUT2D eigenvalue weighted by molar-refractivity contribution is 7.80. The van der Waals surface area contributed by atoms with E-state index in [1.807, 2.05) is 42.7 Å². The van der Waals surface area contributed by atoms with E-state index in [1.54, 1.807) is 20.2 Å². The van der Waals surface area contributed by atoms with Gasteiger partial charge in [0.1, 0.15) is 5.57 Å². The Morgan fingerprint density at radius 2 is 1.64 bits per heavy atom. The van der Waals surface area contributed by atoms with E-state index in [4.69, 9.17) is 21.7 Å². The van der Waals surface area contributed by atoms with E-state index in [2.05, 4.69) is 0 Å². The van der Waals surface area contributed by atoms with Crippen molar-refractivity contribution in [3.8, 4) is 17.2 Å². The standard InChI is InChI=1S/C20H19N3O4S/c1-11-7-13(8-15-18(24)21(3)20(28)22(4)19(15)25)12(2)23(11)14-5-6-16-17(9-14)27-10-26-16/h5-9H,10H2,1-4H3. The number of fused-ring (bicyclic) bond motifs is 1. The number of benzene rings is 1. The number of carbonyl (C=O) groups is 2. The maximum Gasteiger partial charge on any atom is 0.265 e. The lowest BCUT2D eigenvalue weighted by atomic mass is 10.1. The van der Waals surface area contributed by atoms with E-state index in [-0.39, 0.29) is 17.5 Å². The Bertz CT molecular complexity index is 1040. The molecule has 0 radical (unpaired) electrons. The van der Waals surface area contributed by atoms with Gasteiger partial charge in [-0.05, 0) is 55.9 Å². The molecule has 1 aromatic heterocycles. The largest absolute Gasteiger partial charge is 0.454 e. The van der Waals surface area contributed by atoms with Crippen molar-refractivity contribution in [3.05, 3.63) is 46.8 Å². The Labute approximate surface area is 167 Å². The van der Waals surface area contributed by atoms with Crippen LogP contribution in [0.15, 0.2) is 29.8 Å². The van der Waals surface area contributed by atoms with Crippen LogP contribution < -0.4 is 9.47 Å². The van der Waals surface area contributed by atoms with Crippen LogP contribution in [0.5, 0.6) is 11.5 Å². The van der Waals surface area contributed by atoms with Gasteiger partial charge in [-0.2, -0.15) is 0 Å². The predicted molar refractivity (Wildman–Crippen MR) is 107 cm³/mol. The minimum absolute atomic E-state index is 0.0875. The summed E-state index contributed by atoms with van der Waals surface area (Å²) in [6.07, 6.45) is 1.63. The number of ether oxygens (including phenoxy) is 2. The van der Waals surface area contributed by atoms with E-state index >= 15 is 0 Å². The van der Waals surface area contributed by atoms with Gasteiger partial charge in [0.05, 0.1) is 0 Å². The summed E-state index contributed by atoms with van der Waals surface area (Å²) in [7, 11) is 3.13. The van der Waals surface area contributed by atoms with E-state index in [0.29, 0.717) is 11.5 Å². The number of aromatic nitrogens is 1. The molecule has 0 atom stereocenters. The van der Waals surface area contributed by atoms with E-state index in [9.17, 15) is 9.59 Å². The Morgan fingerprint density at radius 1 is 1.00 bits per heavy atom. The lowest BCUT2D eigenvalue weighted by Crippen LogP contribution is -2.52. The molecule has 2 aliphatic rings. The van der Waals surface area contributed by atoms with Gasteiger partial charge in [0, 0.05) is 37.2 Å². The van der Waals surface area contributed by atoms with Crippen molar-refractivity contribution >= 4 is 35.2 Å². The van der Waals surface area contributed by atoms with Crippen molar-refractivity contribution in [3.63, 3.8) is 0 Å². The van der Waals surface area contributed by atoms with E-state index < -0.39 is 11.8 Å². The third-order valence-electron chi connectivity index (χ3n) is 5.03. The molecule has 3 heterocycles. The highest BCUT2D eigenvalue weighted by Crippen LogP contribution is 2.35. The van der Waals surface area contributed by atoms with Crippen LogP contribution in [0, 0.1) is 13.8 Å². The molecule has 1 saturated heterocycles. The number of likely N-dealkylation sites (N-methyl/N-ethyl adjacent to an activating group) is 2. The van der Waals surface area contributed by atoms with Gasteiger partial charge in [0.15, 0.2) is 16.6 Å². The quantitative estimate of drug-likeness (QED) is 0.442. The molecule has 144 valence electrons. The van der Waals surface area contributed by atoms with Gasteiger partial charge < -0.3 is 14.0 Å². The lowest BCUT2D eigenvalue weighted by Gasteiger charge is -2.31. The molecule has 8 heteroatoms. The fraction of sp³-hybridized carbons (Fsp3) is 0.250. The van der Waals surface area contributed by atoms with Gasteiger partial charge in [0.2, 0.25) is 6.79 Å². The van der Waals surface area contributed by atoms with Crippen molar-refractivity contribution in [1.82, 2.24) is 14.4 Å². The van der Waals surface area contributed by atoms with Crippen LogP contribution in [-0.2, 0) is 9.59 Å². The smallest absolute Gasteiger partial charge is 0.265 e. The van der Waals surface area contributed by atoms with Crippen molar-refractivity contribution < 1.29 is 19.1 Å². The SMILES string of the molecule is Cc1cc(C=C2C(=O)N(C)C(=S)N(C)C2=O)c(C)n1-c1ccc2c(c1)OCO2. The Morgan fingerprint density at radius 3 is 2.32 bits per heavy atom. The van der Waals surface area contributed by atoms with E-state index in [1.165, 1.54) is 9.80 Å². The fourth-order valence-corrected chi connectivity index (χ4v) is 3.65. The molecule has 7 nitrogen and oxygen atoms in total. The third-order valence-corrected chi connectivity index (χ3v) is 5.58. The summed E-state index contributed by atoms with van der Waals surface area (Å²) in [4.78, 5) is 27.8. The molecule has 2 aromatic rings. The van der Waals surface area contributed by atoms with E-state index in [0.717, 1.165) is 22.6 Å². The molecule has 4 rings (SSSR count). The fourth-order valence-electron chi connectivity index (χ4n) is 3.49. The average Bonchev–Trinajstić information content (AvgIpc) is 3.25. The van der Waals surface area contributed by atoms with Crippen molar-refractivity contribution in [2.45, 2.75) is 13.8 Å². The summed E-state index contributed by atoms with van der Waals surface area (Å²) in [6, 6.07) is 7.67. The minimum atomic E-state index is -0.402. The number of hydrogen-bond acceptors (Lipinski definition) is 5. The summed E-state index contributed by atoms with van der Waals surface area (Å²) in [6.45, 7) is 4.13. The molecule has 2 amide bonds. The zero-order chi connectivity index (χ0) is 20.2. The first-order valence-corrected chi connectivity index (χ1v) is 9.11. The summed E-state index contributed by atoms with van der Waals surface area (Å²) in [5.41, 5.74) is 3.67. The van der Waals surface area contributed by atoms with Crippen molar-refractivity contribution in [2.75, 3.05) is 20.9 Å². The number of carbonyl (C=O) groups excluding carboxylic acids is 2. The molecule has 0 unspecified atom stereocenters. The van der Waals surface area contributed by atoms with Gasteiger partial charge in [-0.25, -0.2) is 0 Å². The molecule has 0 bridgehead atoms. The number of amides is 2. The molecule has 1 aromatic carbocycles. The maximum absolute atomic E-state index is 12.6. The van der Waals surface area contributed by atoms with Gasteiger partial charge in [-0.3, -0.25) is 19.4 Å². The summed E-state index contributed by atoms with van der Waals surface area (Å²) in [5, 5.41) is 0.193. The topological polar surface area (TPSA) is 64.0 Å². The number of rotatable bonds is 2. The third kappa shape index (κ3) is 2.68. The van der Waals surface area contributed by atoms with Gasteiger partial charge in [-0.15, -0.1) is 0 Å². The first-order valence-electron chi connectivity index (χ1n) is 8.70. The second-order valence-corrected chi connectivity index (χ2v) is 7.13. The summed E-state index contributed by atoms with van der Waals surface area (Å²) < 4.78 is 12.9. The van der Waals surface area contributed by atoms with Crippen LogP contribution in [0.2, 0.25) is 0 Å². The highest BCUT2D eigenvalue weighted by atomic mass is 32.1. The Kier molecular flexibility index (Phi) is 4.23. The van der Waals surface area contributed by atoms with Crippen molar-refractivity contribution in [2.24, 2.45) is 0 Å². The number of hydrogen-bond donors (Lipinski definition) is 0. The van der Waals surface area contributed by atoms with Crippen LogP contribution >= 0.6 is 12.2 Å². The maximum atomic E-state index is 12.6. The Hall–Kier alpha value is -3.13. The average molecular weight is 397 g/mol. The zero-order valence-corrected chi connectivity index (χ0v) is 16.8. The molecular weight excluding hydrogens is 378 g/mol. The molecule has 2 aliphatic heterocycles. The minimum Gasteiger partial charge on any atom is -0.454 e. The molecule has 0 aliphatic carbocycles. The van der Waals surface area contributed by atoms with Gasteiger partial charge in [0.25, 0.3) is 11.8 Å². The molecule has 28 heavy (non-hydrogen) atoms. The number of nitrogens with zero attached hydrogens (tertiary/aromatic N) is 3. The normalized spacial score (nSPS) is 16.3. The summed E-state index contributed by atoms with van der Waals surface area (Å²) in [5.74, 6) is 0.607. The molecule has 0 spiro atoms. The van der Waals surface area contributed by atoms with Gasteiger partial charge in [-0.1, -0.05) is 0 Å². The monoisotopic (exact) mass is 397 g/mol. The highest BCUT2D eigenvalue weighted by Gasteiger charge is 2.35. The van der Waals surface area contributed by atoms with Crippen LogP contribution in [0.1, 0.15) is 17.0 Å². The molecule has 0 N–H and O–H groups in total. The molecule has 1 fully saturated rings. The van der Waals surface area contributed by atoms with Crippen LogP contribution in [0.25, 0.3) is 11.8 Å². The predicted octanol–water partition coefficient (Wildman–Crippen LogP) is 2.42. The second-order valence-electron chi connectivity index (χ2n) is 6.77. The van der Waals surface area contributed by atoms with Gasteiger partial charge >= 0.3 is 0 Å². The second kappa shape index (κ2) is 6.49.